The minimum Gasteiger partial charge on any atom is -0.469 e. The average Bonchev–Trinajstić information content (AvgIpc) is 3.54. The number of thiophene rings is 1. The van der Waals surface area contributed by atoms with Crippen molar-refractivity contribution in [1.29, 1.82) is 0 Å². The lowest BCUT2D eigenvalue weighted by atomic mass is 10.1. The Morgan fingerprint density at radius 1 is 1.03 bits per heavy atom. The number of hydrogen-bond acceptors (Lipinski definition) is 5. The second-order valence-corrected chi connectivity index (χ2v) is 8.61. The highest BCUT2D eigenvalue weighted by atomic mass is 32.1. The minimum atomic E-state index is -0.396. The molecule has 6 heteroatoms. The maximum atomic E-state index is 13.3. The van der Waals surface area contributed by atoms with Crippen LogP contribution in [0.15, 0.2) is 89.7 Å². The Bertz CT molecular complexity index is 1370. The maximum absolute atomic E-state index is 13.3. The molecule has 0 aliphatic carbocycles. The molecule has 6 rings (SSSR count). The number of carbonyl (C=O) groups is 1. The summed E-state index contributed by atoms with van der Waals surface area (Å²) < 4.78 is 8.38. The summed E-state index contributed by atoms with van der Waals surface area (Å²) in [6.45, 7) is 0. The van der Waals surface area contributed by atoms with Gasteiger partial charge in [-0.05, 0) is 29.7 Å². The Labute approximate surface area is 182 Å². The van der Waals surface area contributed by atoms with Crippen molar-refractivity contribution in [2.75, 3.05) is 5.32 Å². The molecule has 0 fully saturated rings. The van der Waals surface area contributed by atoms with Crippen molar-refractivity contribution in [3.8, 4) is 21.8 Å². The molecule has 150 valence electrons. The van der Waals surface area contributed by atoms with Gasteiger partial charge in [-0.1, -0.05) is 48.5 Å². The summed E-state index contributed by atoms with van der Waals surface area (Å²) >= 11 is 1.68. The van der Waals surface area contributed by atoms with Crippen molar-refractivity contribution in [2.24, 2.45) is 0 Å². The molecule has 0 radical (unpaired) electrons. The molecule has 5 aromatic rings. The van der Waals surface area contributed by atoms with E-state index in [-0.39, 0.29) is 5.91 Å². The van der Waals surface area contributed by atoms with Crippen LogP contribution in [0, 0.1) is 0 Å². The van der Waals surface area contributed by atoms with E-state index in [9.17, 15) is 4.79 Å². The van der Waals surface area contributed by atoms with Gasteiger partial charge in [-0.25, -0.2) is 9.78 Å². The molecular weight excluding hydrogens is 406 g/mol. The topological polar surface area (TPSA) is 59.0 Å². The number of aromatic nitrogens is 2. The predicted molar refractivity (Wildman–Crippen MR) is 121 cm³/mol. The first kappa shape index (κ1) is 18.0. The van der Waals surface area contributed by atoms with Crippen LogP contribution in [0.5, 0.6) is 0 Å². The normalized spacial score (nSPS) is 15.2. The van der Waals surface area contributed by atoms with E-state index in [1.165, 1.54) is 10.1 Å². The second kappa shape index (κ2) is 7.18. The molecule has 0 amide bonds. The van der Waals surface area contributed by atoms with Crippen LogP contribution >= 0.6 is 11.3 Å². The molecule has 2 aromatic carbocycles. The Morgan fingerprint density at radius 2 is 1.87 bits per heavy atom. The summed E-state index contributed by atoms with van der Waals surface area (Å²) in [6.07, 6.45) is 3.95. The highest BCUT2D eigenvalue weighted by molar-refractivity contribution is 7.22. The lowest BCUT2D eigenvalue weighted by Crippen LogP contribution is -2.43. The Balaban J connectivity index is 1.51. The summed E-state index contributed by atoms with van der Waals surface area (Å²) in [6, 6.07) is 23.7. The number of nitrogens with one attached hydrogen (secondary N) is 1. The molecule has 3 aromatic heterocycles. The van der Waals surface area contributed by atoms with Crippen LogP contribution in [0.4, 0.5) is 5.82 Å². The number of fused-ring (bicyclic) bond motifs is 2. The Kier molecular flexibility index (Phi) is 4.18. The monoisotopic (exact) mass is 424 g/mol. The Hall–Kier alpha value is -3.77. The van der Waals surface area contributed by atoms with Crippen LogP contribution < -0.4 is 9.88 Å². The SMILES string of the molecule is O=C1C(Cc2ccco2)Nc2c(-c3cc4ccccc4s3)nc(-c3ccccc3)c[n+]21. The highest BCUT2D eigenvalue weighted by Crippen LogP contribution is 2.37. The molecule has 0 saturated heterocycles. The molecule has 0 saturated carbocycles. The van der Waals surface area contributed by atoms with E-state index in [1.807, 2.05) is 60.8 Å². The number of nitrogens with zero attached hydrogens (tertiary/aromatic N) is 2. The molecule has 31 heavy (non-hydrogen) atoms. The van der Waals surface area contributed by atoms with Gasteiger partial charge in [0.15, 0.2) is 5.69 Å². The van der Waals surface area contributed by atoms with Crippen molar-refractivity contribution >= 4 is 33.1 Å². The van der Waals surface area contributed by atoms with Crippen molar-refractivity contribution < 1.29 is 13.8 Å². The number of hydrogen-bond donors (Lipinski definition) is 1. The number of anilines is 1. The minimum absolute atomic E-state index is 0.00616. The van der Waals surface area contributed by atoms with Crippen LogP contribution in [0.1, 0.15) is 10.6 Å². The standard InChI is InChI=1S/C25H17N3O2S/c29-25-19(14-18-10-6-12-30-18)27-24-23(22-13-17-9-4-5-11-21(17)31-22)26-20(15-28(24)25)16-7-2-1-3-8-16/h1-13,15,19H,14H2/p+1. The van der Waals surface area contributed by atoms with Crippen LogP contribution in [-0.4, -0.2) is 16.9 Å². The van der Waals surface area contributed by atoms with E-state index in [2.05, 4.69) is 23.5 Å². The lowest BCUT2D eigenvalue weighted by molar-refractivity contribution is -0.551. The van der Waals surface area contributed by atoms with E-state index in [1.54, 1.807) is 22.2 Å². The fourth-order valence-electron chi connectivity index (χ4n) is 4.00. The van der Waals surface area contributed by atoms with Crippen molar-refractivity contribution in [2.45, 2.75) is 12.5 Å². The van der Waals surface area contributed by atoms with Gasteiger partial charge in [0.05, 0.1) is 17.6 Å². The molecule has 1 atom stereocenters. The summed E-state index contributed by atoms with van der Waals surface area (Å²) in [5.74, 6) is 1.50. The lowest BCUT2D eigenvalue weighted by Gasteiger charge is -2.05. The molecule has 1 aliphatic heterocycles. The summed E-state index contributed by atoms with van der Waals surface area (Å²) in [5, 5.41) is 4.58. The van der Waals surface area contributed by atoms with Crippen molar-refractivity contribution in [3.63, 3.8) is 0 Å². The zero-order valence-electron chi connectivity index (χ0n) is 16.5. The largest absolute Gasteiger partial charge is 0.469 e. The van der Waals surface area contributed by atoms with Gasteiger partial charge in [0, 0.05) is 10.3 Å². The third-order valence-electron chi connectivity index (χ3n) is 5.51. The maximum Gasteiger partial charge on any atom is 0.359 e. The van der Waals surface area contributed by atoms with E-state index in [4.69, 9.17) is 9.40 Å². The van der Waals surface area contributed by atoms with Crippen molar-refractivity contribution in [3.05, 3.63) is 91.0 Å². The molecule has 1 aliphatic rings. The molecule has 1 N–H and O–H groups in total. The van der Waals surface area contributed by atoms with Gasteiger partial charge in [0.2, 0.25) is 6.04 Å². The molecule has 1 unspecified atom stereocenters. The van der Waals surface area contributed by atoms with E-state index in [0.29, 0.717) is 6.42 Å². The fraction of sp³-hybridized carbons (Fsp3) is 0.0800. The third-order valence-corrected chi connectivity index (χ3v) is 6.63. The number of rotatable bonds is 4. The second-order valence-electron chi connectivity index (χ2n) is 7.53. The van der Waals surface area contributed by atoms with Crippen LogP contribution in [0.2, 0.25) is 0 Å². The van der Waals surface area contributed by atoms with Crippen LogP contribution in [0.25, 0.3) is 31.9 Å². The first-order chi connectivity index (χ1) is 15.3. The van der Waals surface area contributed by atoms with Gasteiger partial charge in [0.1, 0.15) is 17.7 Å². The molecule has 5 nitrogen and oxygen atoms in total. The summed E-state index contributed by atoms with van der Waals surface area (Å²) in [5.41, 5.74) is 2.53. The number of furan rings is 1. The quantitative estimate of drug-likeness (QED) is 0.404. The van der Waals surface area contributed by atoms with Gasteiger partial charge in [0.25, 0.3) is 0 Å². The van der Waals surface area contributed by atoms with Gasteiger partial charge in [-0.3, -0.25) is 5.32 Å². The van der Waals surface area contributed by atoms with E-state index < -0.39 is 6.04 Å². The predicted octanol–water partition coefficient (Wildman–Crippen LogP) is 5.19. The van der Waals surface area contributed by atoms with Gasteiger partial charge in [-0.15, -0.1) is 11.3 Å². The van der Waals surface area contributed by atoms with Crippen molar-refractivity contribution in [1.82, 2.24) is 4.98 Å². The first-order valence-corrected chi connectivity index (χ1v) is 10.9. The number of benzene rings is 2. The number of carbonyl (C=O) groups excluding carboxylic acids is 1. The van der Waals surface area contributed by atoms with Gasteiger partial charge < -0.3 is 4.42 Å². The Morgan fingerprint density at radius 3 is 2.68 bits per heavy atom. The third kappa shape index (κ3) is 3.12. The highest BCUT2D eigenvalue weighted by Gasteiger charge is 2.42. The smallest absolute Gasteiger partial charge is 0.359 e. The molecular formula is C25H18N3O2S+. The summed E-state index contributed by atoms with van der Waals surface area (Å²) in [4.78, 5) is 19.3. The average molecular weight is 425 g/mol. The van der Waals surface area contributed by atoms with Gasteiger partial charge >= 0.3 is 11.7 Å². The van der Waals surface area contributed by atoms with E-state index >= 15 is 0 Å². The van der Waals surface area contributed by atoms with E-state index in [0.717, 1.165) is 33.4 Å². The molecule has 0 spiro atoms. The summed E-state index contributed by atoms with van der Waals surface area (Å²) in [7, 11) is 0. The van der Waals surface area contributed by atoms with Crippen LogP contribution in [0.3, 0.4) is 0 Å². The zero-order valence-corrected chi connectivity index (χ0v) is 17.3. The van der Waals surface area contributed by atoms with Gasteiger partial charge in [-0.2, -0.15) is 4.57 Å². The first-order valence-electron chi connectivity index (χ1n) is 10.1. The van der Waals surface area contributed by atoms with Crippen LogP contribution in [-0.2, 0) is 6.42 Å². The zero-order chi connectivity index (χ0) is 20.8. The molecule has 0 bridgehead atoms. The fourth-order valence-corrected chi connectivity index (χ4v) is 5.05. The molecule has 4 heterocycles.